The van der Waals surface area contributed by atoms with Crippen LogP contribution in [0.3, 0.4) is 0 Å². The van der Waals surface area contributed by atoms with E-state index >= 15 is 0 Å². The molecule has 118 valence electrons. The second-order valence-corrected chi connectivity index (χ2v) is 6.47. The molecule has 0 saturated heterocycles. The molecule has 5 N–H and O–H groups in total. The lowest BCUT2D eigenvalue weighted by molar-refractivity contribution is -0.129. The van der Waals surface area contributed by atoms with Crippen LogP contribution in [0.1, 0.15) is 18.9 Å². The third kappa shape index (κ3) is 6.13. The Morgan fingerprint density at radius 1 is 1.52 bits per heavy atom. The van der Waals surface area contributed by atoms with E-state index in [-0.39, 0.29) is 0 Å². The van der Waals surface area contributed by atoms with E-state index in [9.17, 15) is 9.90 Å². The van der Waals surface area contributed by atoms with Crippen molar-refractivity contribution >= 4 is 35.0 Å². The van der Waals surface area contributed by atoms with Gasteiger partial charge in [-0.25, -0.2) is 0 Å². The second-order valence-electron chi connectivity index (χ2n) is 4.67. The molecule has 1 amide bonds. The van der Waals surface area contributed by atoms with E-state index in [0.717, 1.165) is 17.1 Å². The first-order valence-electron chi connectivity index (χ1n) is 6.79. The first-order chi connectivity index (χ1) is 9.95. The van der Waals surface area contributed by atoms with E-state index in [2.05, 4.69) is 17.8 Å². The van der Waals surface area contributed by atoms with E-state index in [4.69, 9.17) is 17.3 Å². The SMILES string of the molecule is CCSCCC(N)C(O)C(=O)NNc1ccc(C)c(Cl)c1. The first-order valence-corrected chi connectivity index (χ1v) is 8.32. The quantitative estimate of drug-likeness (QED) is 0.432. The molecule has 0 spiro atoms. The number of aryl methyl sites for hydroxylation is 1. The van der Waals surface area contributed by atoms with Gasteiger partial charge in [-0.3, -0.25) is 15.6 Å². The number of nitrogens with one attached hydrogen (secondary N) is 2. The molecule has 1 rings (SSSR count). The van der Waals surface area contributed by atoms with Crippen LogP contribution < -0.4 is 16.6 Å². The number of benzene rings is 1. The van der Waals surface area contributed by atoms with Gasteiger partial charge in [-0.05, 0) is 42.5 Å². The lowest BCUT2D eigenvalue weighted by Gasteiger charge is -2.19. The van der Waals surface area contributed by atoms with Gasteiger partial charge in [0.05, 0.1) is 5.69 Å². The van der Waals surface area contributed by atoms with Crippen LogP contribution in [0.2, 0.25) is 5.02 Å². The van der Waals surface area contributed by atoms with Crippen molar-refractivity contribution in [2.45, 2.75) is 32.4 Å². The summed E-state index contributed by atoms with van der Waals surface area (Å²) in [6.07, 6.45) is -0.653. The van der Waals surface area contributed by atoms with Crippen molar-refractivity contribution in [1.29, 1.82) is 0 Å². The summed E-state index contributed by atoms with van der Waals surface area (Å²) < 4.78 is 0. The van der Waals surface area contributed by atoms with E-state index in [1.54, 1.807) is 23.9 Å². The van der Waals surface area contributed by atoms with E-state index < -0.39 is 18.1 Å². The molecular formula is C14H22ClN3O2S. The molecule has 21 heavy (non-hydrogen) atoms. The monoisotopic (exact) mass is 331 g/mol. The molecule has 0 aliphatic heterocycles. The van der Waals surface area contributed by atoms with E-state index in [1.807, 2.05) is 13.0 Å². The Labute approximate surface area is 134 Å². The number of aliphatic hydroxyl groups is 1. The highest BCUT2D eigenvalue weighted by Crippen LogP contribution is 2.19. The van der Waals surface area contributed by atoms with Crippen LogP contribution >= 0.6 is 23.4 Å². The molecule has 7 heteroatoms. The summed E-state index contributed by atoms with van der Waals surface area (Å²) in [6.45, 7) is 3.94. The van der Waals surface area contributed by atoms with Crippen LogP contribution in [-0.2, 0) is 4.79 Å². The van der Waals surface area contributed by atoms with Crippen LogP contribution in [0, 0.1) is 6.92 Å². The zero-order valence-corrected chi connectivity index (χ0v) is 13.8. The number of carbonyl (C=O) groups excluding carboxylic acids is 1. The number of carbonyl (C=O) groups is 1. The lowest BCUT2D eigenvalue weighted by Crippen LogP contribution is -2.48. The van der Waals surface area contributed by atoms with Gasteiger partial charge in [-0.1, -0.05) is 24.6 Å². The van der Waals surface area contributed by atoms with Crippen LogP contribution in [-0.4, -0.2) is 34.7 Å². The standard InChI is InChI=1S/C14H22ClN3O2S/c1-3-21-7-6-12(16)13(19)14(20)18-17-10-5-4-9(2)11(15)8-10/h4-5,8,12-13,17,19H,3,6-7,16H2,1-2H3,(H,18,20). The van der Waals surface area contributed by atoms with Gasteiger partial charge >= 0.3 is 0 Å². The van der Waals surface area contributed by atoms with Crippen molar-refractivity contribution in [3.8, 4) is 0 Å². The van der Waals surface area contributed by atoms with Gasteiger partial charge in [0.1, 0.15) is 6.10 Å². The highest BCUT2D eigenvalue weighted by Gasteiger charge is 2.22. The van der Waals surface area contributed by atoms with Crippen molar-refractivity contribution in [3.63, 3.8) is 0 Å². The molecule has 0 heterocycles. The highest BCUT2D eigenvalue weighted by molar-refractivity contribution is 7.99. The van der Waals surface area contributed by atoms with Crippen molar-refractivity contribution in [2.75, 3.05) is 16.9 Å². The minimum absolute atomic E-state index is 0.555. The van der Waals surface area contributed by atoms with Crippen LogP contribution in [0.15, 0.2) is 18.2 Å². The normalized spacial score (nSPS) is 13.6. The summed E-state index contributed by atoms with van der Waals surface area (Å²) >= 11 is 7.71. The molecule has 0 aromatic heterocycles. The highest BCUT2D eigenvalue weighted by atomic mass is 35.5. The number of thioether (sulfide) groups is 1. The molecule has 2 unspecified atom stereocenters. The largest absolute Gasteiger partial charge is 0.382 e. The molecule has 5 nitrogen and oxygen atoms in total. The first kappa shape index (κ1) is 18.1. The summed E-state index contributed by atoms with van der Waals surface area (Å²) in [5.41, 5.74) is 12.5. The summed E-state index contributed by atoms with van der Waals surface area (Å²) in [7, 11) is 0. The molecule has 1 aromatic carbocycles. The number of nitrogens with two attached hydrogens (primary N) is 1. The fourth-order valence-electron chi connectivity index (χ4n) is 1.59. The van der Waals surface area contributed by atoms with Gasteiger partial charge in [0.15, 0.2) is 0 Å². The molecule has 0 bridgehead atoms. The molecule has 0 saturated carbocycles. The Hall–Kier alpha value is -0.950. The number of hydrazine groups is 1. The van der Waals surface area contributed by atoms with Gasteiger partial charge in [0, 0.05) is 11.1 Å². The molecule has 0 fully saturated rings. The number of aliphatic hydroxyl groups excluding tert-OH is 1. The number of hydrogen-bond acceptors (Lipinski definition) is 5. The molecule has 0 radical (unpaired) electrons. The molecule has 2 atom stereocenters. The maximum absolute atomic E-state index is 11.8. The number of halogens is 1. The number of amides is 1. The summed E-state index contributed by atoms with van der Waals surface area (Å²) in [6, 6.07) is 4.74. The predicted octanol–water partition coefficient (Wildman–Crippen LogP) is 1.92. The second kappa shape index (κ2) is 9.15. The Morgan fingerprint density at radius 3 is 2.86 bits per heavy atom. The zero-order valence-electron chi connectivity index (χ0n) is 12.2. The van der Waals surface area contributed by atoms with Gasteiger partial charge in [0.2, 0.25) is 0 Å². The molecule has 1 aromatic rings. The van der Waals surface area contributed by atoms with Gasteiger partial charge in [0.25, 0.3) is 5.91 Å². The Bertz CT molecular complexity index is 474. The summed E-state index contributed by atoms with van der Waals surface area (Å²) in [5.74, 6) is 1.26. The van der Waals surface area contributed by atoms with Gasteiger partial charge in [-0.2, -0.15) is 11.8 Å². The average molecular weight is 332 g/mol. The van der Waals surface area contributed by atoms with Crippen molar-refractivity contribution in [1.82, 2.24) is 5.43 Å². The van der Waals surface area contributed by atoms with Crippen molar-refractivity contribution in [2.24, 2.45) is 5.73 Å². The number of rotatable bonds is 8. The Kier molecular flexibility index (Phi) is 7.88. The van der Waals surface area contributed by atoms with E-state index in [0.29, 0.717) is 17.1 Å². The fraction of sp³-hybridized carbons (Fsp3) is 0.500. The van der Waals surface area contributed by atoms with Crippen LogP contribution in [0.5, 0.6) is 0 Å². The average Bonchev–Trinajstić information content (AvgIpc) is 2.47. The predicted molar refractivity (Wildman–Crippen MR) is 89.6 cm³/mol. The fourth-order valence-corrected chi connectivity index (χ4v) is 2.50. The Morgan fingerprint density at radius 2 is 2.24 bits per heavy atom. The number of hydrogen-bond donors (Lipinski definition) is 4. The minimum atomic E-state index is -1.24. The molecule has 0 aliphatic rings. The summed E-state index contributed by atoms with van der Waals surface area (Å²) in [4.78, 5) is 11.8. The van der Waals surface area contributed by atoms with Crippen molar-refractivity contribution < 1.29 is 9.90 Å². The van der Waals surface area contributed by atoms with Crippen LogP contribution in [0.4, 0.5) is 5.69 Å². The maximum atomic E-state index is 11.8. The number of anilines is 1. The van der Waals surface area contributed by atoms with E-state index in [1.165, 1.54) is 0 Å². The Balaban J connectivity index is 2.43. The van der Waals surface area contributed by atoms with Crippen molar-refractivity contribution in [3.05, 3.63) is 28.8 Å². The van der Waals surface area contributed by atoms with Gasteiger partial charge in [-0.15, -0.1) is 0 Å². The third-order valence-corrected chi connectivity index (χ3v) is 4.32. The topological polar surface area (TPSA) is 87.4 Å². The van der Waals surface area contributed by atoms with Gasteiger partial charge < -0.3 is 10.8 Å². The smallest absolute Gasteiger partial charge is 0.268 e. The van der Waals surface area contributed by atoms with Crippen LogP contribution in [0.25, 0.3) is 0 Å². The lowest BCUT2D eigenvalue weighted by atomic mass is 10.1. The third-order valence-electron chi connectivity index (χ3n) is 2.98. The zero-order chi connectivity index (χ0) is 15.8. The maximum Gasteiger partial charge on any atom is 0.268 e. The minimum Gasteiger partial charge on any atom is -0.382 e. The molecule has 0 aliphatic carbocycles. The summed E-state index contributed by atoms with van der Waals surface area (Å²) in [5, 5.41) is 10.4. The molecular weight excluding hydrogens is 310 g/mol.